The Morgan fingerprint density at radius 3 is 2.40 bits per heavy atom. The van der Waals surface area contributed by atoms with Gasteiger partial charge in [-0.05, 0) is 48.2 Å². The van der Waals surface area contributed by atoms with E-state index in [0.717, 1.165) is 15.6 Å². The number of hydrogen-bond acceptors (Lipinski definition) is 2. The number of halogens is 1. The van der Waals surface area contributed by atoms with Crippen LogP contribution in [0.2, 0.25) is 0 Å². The molecule has 3 N–H and O–H groups in total. The highest BCUT2D eigenvalue weighted by molar-refractivity contribution is 9.10. The molecule has 106 valence electrons. The summed E-state index contributed by atoms with van der Waals surface area (Å²) in [6.45, 7) is 4.53. The molecule has 0 saturated carbocycles. The quantitative estimate of drug-likeness (QED) is 0.892. The van der Waals surface area contributed by atoms with Crippen molar-refractivity contribution in [3.8, 4) is 0 Å². The molecule has 0 aliphatic heterocycles. The molecular formula is C17H20BrNO. The van der Waals surface area contributed by atoms with Crippen LogP contribution in [0.5, 0.6) is 0 Å². The second-order valence-electron chi connectivity index (χ2n) is 5.19. The van der Waals surface area contributed by atoms with Crippen LogP contribution in [0, 0.1) is 13.8 Å². The summed E-state index contributed by atoms with van der Waals surface area (Å²) in [7, 11) is 0. The van der Waals surface area contributed by atoms with Crippen LogP contribution in [0.3, 0.4) is 0 Å². The highest BCUT2D eigenvalue weighted by atomic mass is 79.9. The van der Waals surface area contributed by atoms with E-state index < -0.39 is 6.10 Å². The van der Waals surface area contributed by atoms with Crippen LogP contribution < -0.4 is 5.73 Å². The number of rotatable bonds is 4. The minimum atomic E-state index is -0.589. The maximum atomic E-state index is 10.6. The standard InChI is InChI=1S/C17H20BrNO/c1-11-6-7-14(8-12(11)2)17(20)16(10-19)13-4-3-5-15(18)9-13/h3-9,16-17,20H,10,19H2,1-2H3. The van der Waals surface area contributed by atoms with Crippen molar-refractivity contribution in [1.82, 2.24) is 0 Å². The molecule has 0 bridgehead atoms. The van der Waals surface area contributed by atoms with E-state index in [1.54, 1.807) is 0 Å². The fraction of sp³-hybridized carbons (Fsp3) is 0.294. The Morgan fingerprint density at radius 1 is 1.05 bits per heavy atom. The third kappa shape index (κ3) is 3.29. The predicted octanol–water partition coefficient (Wildman–Crippen LogP) is 3.84. The van der Waals surface area contributed by atoms with E-state index in [1.807, 2.05) is 42.5 Å². The number of aliphatic hydroxyl groups is 1. The first-order valence-electron chi connectivity index (χ1n) is 6.73. The molecule has 3 heteroatoms. The van der Waals surface area contributed by atoms with Crippen LogP contribution >= 0.6 is 15.9 Å². The van der Waals surface area contributed by atoms with Crippen LogP contribution in [0.1, 0.15) is 34.3 Å². The topological polar surface area (TPSA) is 46.2 Å². The zero-order chi connectivity index (χ0) is 14.7. The van der Waals surface area contributed by atoms with E-state index in [-0.39, 0.29) is 5.92 Å². The van der Waals surface area contributed by atoms with Crippen molar-refractivity contribution >= 4 is 15.9 Å². The molecule has 20 heavy (non-hydrogen) atoms. The van der Waals surface area contributed by atoms with Gasteiger partial charge in [0.05, 0.1) is 6.10 Å². The Morgan fingerprint density at radius 2 is 1.80 bits per heavy atom. The summed E-state index contributed by atoms with van der Waals surface area (Å²) in [4.78, 5) is 0. The summed E-state index contributed by atoms with van der Waals surface area (Å²) in [5.74, 6) is -0.102. The van der Waals surface area contributed by atoms with Crippen molar-refractivity contribution < 1.29 is 5.11 Å². The highest BCUT2D eigenvalue weighted by Gasteiger charge is 2.21. The summed E-state index contributed by atoms with van der Waals surface area (Å²) in [5, 5.41) is 10.6. The average molecular weight is 334 g/mol. The lowest BCUT2D eigenvalue weighted by Crippen LogP contribution is -2.20. The Labute approximate surface area is 128 Å². The predicted molar refractivity (Wildman–Crippen MR) is 86.8 cm³/mol. The van der Waals surface area contributed by atoms with E-state index in [2.05, 4.69) is 29.8 Å². The normalized spacial score (nSPS) is 14.1. The summed E-state index contributed by atoms with van der Waals surface area (Å²) in [6, 6.07) is 14.0. The third-order valence-corrected chi connectivity index (χ3v) is 4.28. The Hall–Kier alpha value is -1.16. The van der Waals surface area contributed by atoms with Gasteiger partial charge in [0, 0.05) is 16.9 Å². The van der Waals surface area contributed by atoms with Crippen LogP contribution in [0.25, 0.3) is 0 Å². The highest BCUT2D eigenvalue weighted by Crippen LogP contribution is 2.32. The Bertz CT molecular complexity index is 597. The molecule has 2 nitrogen and oxygen atoms in total. The summed E-state index contributed by atoms with van der Waals surface area (Å²) >= 11 is 3.46. The first-order valence-corrected chi connectivity index (χ1v) is 7.53. The molecule has 0 heterocycles. The first kappa shape index (κ1) is 15.2. The van der Waals surface area contributed by atoms with E-state index in [4.69, 9.17) is 5.73 Å². The molecule has 2 unspecified atom stereocenters. The van der Waals surface area contributed by atoms with Crippen molar-refractivity contribution in [2.24, 2.45) is 5.73 Å². The molecule has 0 aromatic heterocycles. The third-order valence-electron chi connectivity index (χ3n) is 3.78. The Balaban J connectivity index is 2.33. The van der Waals surface area contributed by atoms with Gasteiger partial charge in [-0.15, -0.1) is 0 Å². The van der Waals surface area contributed by atoms with E-state index in [9.17, 15) is 5.11 Å². The smallest absolute Gasteiger partial charge is 0.0870 e. The van der Waals surface area contributed by atoms with Crippen molar-refractivity contribution in [1.29, 1.82) is 0 Å². The molecule has 0 aliphatic carbocycles. The van der Waals surface area contributed by atoms with Crippen molar-refractivity contribution in [3.63, 3.8) is 0 Å². The van der Waals surface area contributed by atoms with Gasteiger partial charge in [0.1, 0.15) is 0 Å². The van der Waals surface area contributed by atoms with Crippen molar-refractivity contribution in [2.45, 2.75) is 25.9 Å². The molecule has 0 fully saturated rings. The molecule has 0 amide bonds. The molecule has 2 atom stereocenters. The first-order chi connectivity index (χ1) is 9.52. The largest absolute Gasteiger partial charge is 0.388 e. The number of hydrogen-bond donors (Lipinski definition) is 2. The second kappa shape index (κ2) is 6.53. The molecule has 0 aliphatic rings. The monoisotopic (exact) mass is 333 g/mol. The number of nitrogens with two attached hydrogens (primary N) is 1. The van der Waals surface area contributed by atoms with Crippen molar-refractivity contribution in [3.05, 3.63) is 69.2 Å². The van der Waals surface area contributed by atoms with E-state index in [0.29, 0.717) is 6.54 Å². The molecule has 0 spiro atoms. The van der Waals surface area contributed by atoms with Gasteiger partial charge in [-0.1, -0.05) is 46.3 Å². The van der Waals surface area contributed by atoms with Gasteiger partial charge in [-0.2, -0.15) is 0 Å². The summed E-state index contributed by atoms with van der Waals surface area (Å²) in [5.41, 5.74) is 10.3. The fourth-order valence-corrected chi connectivity index (χ4v) is 2.78. The van der Waals surface area contributed by atoms with Gasteiger partial charge >= 0.3 is 0 Å². The van der Waals surface area contributed by atoms with Crippen molar-refractivity contribution in [2.75, 3.05) is 6.54 Å². The van der Waals surface area contributed by atoms with Crippen LogP contribution in [0.4, 0.5) is 0 Å². The Kier molecular flexibility index (Phi) is 4.97. The average Bonchev–Trinajstić information content (AvgIpc) is 2.42. The van der Waals surface area contributed by atoms with E-state index >= 15 is 0 Å². The second-order valence-corrected chi connectivity index (χ2v) is 6.10. The lowest BCUT2D eigenvalue weighted by molar-refractivity contribution is 0.147. The van der Waals surface area contributed by atoms with E-state index in [1.165, 1.54) is 11.1 Å². The van der Waals surface area contributed by atoms with Gasteiger partial charge in [0.2, 0.25) is 0 Å². The van der Waals surface area contributed by atoms with Crippen LogP contribution in [-0.2, 0) is 0 Å². The molecular weight excluding hydrogens is 314 g/mol. The zero-order valence-electron chi connectivity index (χ0n) is 11.8. The molecule has 0 radical (unpaired) electrons. The maximum absolute atomic E-state index is 10.6. The number of aryl methyl sites for hydroxylation is 2. The van der Waals surface area contributed by atoms with Gasteiger partial charge in [-0.25, -0.2) is 0 Å². The van der Waals surface area contributed by atoms with Gasteiger partial charge in [0.25, 0.3) is 0 Å². The van der Waals surface area contributed by atoms with Gasteiger partial charge in [-0.3, -0.25) is 0 Å². The SMILES string of the molecule is Cc1ccc(C(O)C(CN)c2cccc(Br)c2)cc1C. The summed E-state index contributed by atoms with van der Waals surface area (Å²) in [6.07, 6.45) is -0.589. The molecule has 2 rings (SSSR count). The van der Waals surface area contributed by atoms with Gasteiger partial charge < -0.3 is 10.8 Å². The maximum Gasteiger partial charge on any atom is 0.0870 e. The lowest BCUT2D eigenvalue weighted by atomic mass is 9.88. The molecule has 2 aromatic carbocycles. The minimum absolute atomic E-state index is 0.102. The summed E-state index contributed by atoms with van der Waals surface area (Å²) < 4.78 is 1.00. The minimum Gasteiger partial charge on any atom is -0.388 e. The molecule has 0 saturated heterocycles. The molecule has 2 aromatic rings. The zero-order valence-corrected chi connectivity index (χ0v) is 13.4. The number of aliphatic hydroxyl groups excluding tert-OH is 1. The van der Waals surface area contributed by atoms with Crippen LogP contribution in [0.15, 0.2) is 46.9 Å². The fourth-order valence-electron chi connectivity index (χ4n) is 2.37. The lowest BCUT2D eigenvalue weighted by Gasteiger charge is -2.23. The van der Waals surface area contributed by atoms with Crippen LogP contribution in [-0.4, -0.2) is 11.7 Å². The van der Waals surface area contributed by atoms with Gasteiger partial charge in [0.15, 0.2) is 0 Å². The number of benzene rings is 2.